The van der Waals surface area contributed by atoms with Crippen LogP contribution >= 0.6 is 35.4 Å². The minimum absolute atomic E-state index is 0.483. The van der Waals surface area contributed by atoms with Crippen LogP contribution in [-0.2, 0) is 0 Å². The zero-order valence-corrected chi connectivity index (χ0v) is 12.6. The van der Waals surface area contributed by atoms with Crippen molar-refractivity contribution in [1.82, 2.24) is 4.90 Å². The lowest BCUT2D eigenvalue weighted by atomic mass is 10.0. The van der Waals surface area contributed by atoms with E-state index in [2.05, 4.69) is 17.1 Å². The van der Waals surface area contributed by atoms with Crippen LogP contribution in [0.15, 0.2) is 18.2 Å². The van der Waals surface area contributed by atoms with Crippen LogP contribution in [0.25, 0.3) is 0 Å². The molecule has 0 spiro atoms. The first kappa shape index (κ1) is 13.9. The first-order valence-electron chi connectivity index (χ1n) is 6.11. The van der Waals surface area contributed by atoms with E-state index >= 15 is 0 Å². The third-order valence-corrected chi connectivity index (χ3v) is 4.41. The highest BCUT2D eigenvalue weighted by Gasteiger charge is 2.21. The van der Waals surface area contributed by atoms with Crippen molar-refractivity contribution in [3.63, 3.8) is 0 Å². The molecule has 1 aromatic carbocycles. The number of nitrogens with one attached hydrogen (secondary N) is 1. The van der Waals surface area contributed by atoms with Crippen molar-refractivity contribution >= 4 is 46.2 Å². The molecule has 0 amide bonds. The monoisotopic (exact) mass is 302 g/mol. The maximum Gasteiger partial charge on any atom is 0.173 e. The molecule has 1 unspecified atom stereocenters. The second kappa shape index (κ2) is 6.09. The molecule has 2 rings (SSSR count). The van der Waals surface area contributed by atoms with Crippen LogP contribution in [0.2, 0.25) is 10.0 Å². The summed E-state index contributed by atoms with van der Waals surface area (Å²) in [6, 6.07) is 5.99. The molecule has 0 aliphatic carbocycles. The van der Waals surface area contributed by atoms with Gasteiger partial charge < -0.3 is 10.2 Å². The van der Waals surface area contributed by atoms with Crippen LogP contribution in [0.1, 0.15) is 26.2 Å². The third-order valence-electron chi connectivity index (χ3n) is 3.26. The van der Waals surface area contributed by atoms with Crippen LogP contribution < -0.4 is 5.32 Å². The lowest BCUT2D eigenvalue weighted by Gasteiger charge is -2.35. The van der Waals surface area contributed by atoms with E-state index in [0.717, 1.165) is 17.3 Å². The topological polar surface area (TPSA) is 15.3 Å². The van der Waals surface area contributed by atoms with Gasteiger partial charge in [-0.3, -0.25) is 0 Å². The SMILES string of the molecule is CC1CCCCN1C(=S)Nc1cccc(Cl)c1Cl. The predicted octanol–water partition coefficient (Wildman–Crippen LogP) is 4.56. The standard InChI is InChI=1S/C13H16Cl2N2S/c1-9-5-2-3-8-17(9)13(18)16-11-7-4-6-10(14)12(11)15/h4,6-7,9H,2-3,5,8H2,1H3,(H,16,18). The van der Waals surface area contributed by atoms with Gasteiger partial charge in [0, 0.05) is 12.6 Å². The number of rotatable bonds is 1. The molecule has 1 atom stereocenters. The Morgan fingerprint density at radius 3 is 2.89 bits per heavy atom. The van der Waals surface area contributed by atoms with Crippen molar-refractivity contribution in [2.24, 2.45) is 0 Å². The molecule has 1 aliphatic rings. The van der Waals surface area contributed by atoms with Crippen molar-refractivity contribution in [2.45, 2.75) is 32.2 Å². The summed E-state index contributed by atoms with van der Waals surface area (Å²) in [5, 5.41) is 4.98. The van der Waals surface area contributed by atoms with Crippen LogP contribution in [0.4, 0.5) is 5.69 Å². The summed E-state index contributed by atoms with van der Waals surface area (Å²) in [5.41, 5.74) is 0.770. The average Bonchev–Trinajstić information content (AvgIpc) is 2.35. The van der Waals surface area contributed by atoms with Crippen LogP contribution in [0, 0.1) is 0 Å². The Balaban J connectivity index is 2.09. The van der Waals surface area contributed by atoms with Crippen molar-refractivity contribution < 1.29 is 0 Å². The van der Waals surface area contributed by atoms with Crippen LogP contribution in [-0.4, -0.2) is 22.6 Å². The van der Waals surface area contributed by atoms with Gasteiger partial charge in [-0.05, 0) is 50.5 Å². The summed E-state index contributed by atoms with van der Waals surface area (Å²) < 4.78 is 0. The van der Waals surface area contributed by atoms with Gasteiger partial charge in [-0.15, -0.1) is 0 Å². The zero-order valence-electron chi connectivity index (χ0n) is 10.2. The molecule has 2 nitrogen and oxygen atoms in total. The molecule has 5 heteroatoms. The first-order valence-corrected chi connectivity index (χ1v) is 7.27. The number of anilines is 1. The minimum Gasteiger partial charge on any atom is -0.346 e. The Bertz CT molecular complexity index is 451. The average molecular weight is 303 g/mol. The van der Waals surface area contributed by atoms with Crippen LogP contribution in [0.3, 0.4) is 0 Å². The van der Waals surface area contributed by atoms with Gasteiger partial charge in [0.2, 0.25) is 0 Å². The molecule has 98 valence electrons. The molecule has 0 radical (unpaired) electrons. The summed E-state index contributed by atoms with van der Waals surface area (Å²) in [7, 11) is 0. The molecule has 1 aliphatic heterocycles. The maximum atomic E-state index is 6.14. The highest BCUT2D eigenvalue weighted by atomic mass is 35.5. The van der Waals surface area contributed by atoms with Crippen molar-refractivity contribution in [3.8, 4) is 0 Å². The van der Waals surface area contributed by atoms with Gasteiger partial charge in [0.05, 0.1) is 15.7 Å². The maximum absolute atomic E-state index is 6.14. The largest absolute Gasteiger partial charge is 0.346 e. The fourth-order valence-corrected chi connectivity index (χ4v) is 2.92. The van der Waals surface area contributed by atoms with Crippen molar-refractivity contribution in [1.29, 1.82) is 0 Å². The number of hydrogen-bond acceptors (Lipinski definition) is 1. The van der Waals surface area contributed by atoms with E-state index in [-0.39, 0.29) is 0 Å². The highest BCUT2D eigenvalue weighted by Crippen LogP contribution is 2.30. The second-order valence-corrected chi connectivity index (χ2v) is 5.74. The molecule has 1 saturated heterocycles. The minimum atomic E-state index is 0.483. The smallest absolute Gasteiger partial charge is 0.173 e. The number of halogens is 2. The second-order valence-electron chi connectivity index (χ2n) is 4.57. The van der Waals surface area contributed by atoms with E-state index in [1.807, 2.05) is 12.1 Å². The number of nitrogens with zero attached hydrogens (tertiary/aromatic N) is 1. The molecule has 1 aromatic rings. The molecule has 18 heavy (non-hydrogen) atoms. The van der Waals surface area contributed by atoms with Crippen molar-refractivity contribution in [2.75, 3.05) is 11.9 Å². The number of likely N-dealkylation sites (tertiary alicyclic amines) is 1. The van der Waals surface area contributed by atoms with E-state index in [1.54, 1.807) is 6.07 Å². The molecule has 1 N–H and O–H groups in total. The third kappa shape index (κ3) is 3.08. The zero-order chi connectivity index (χ0) is 13.1. The Morgan fingerprint density at radius 2 is 2.17 bits per heavy atom. The fraction of sp³-hybridized carbons (Fsp3) is 0.462. The molecule has 1 fully saturated rings. The number of hydrogen-bond donors (Lipinski definition) is 1. The highest BCUT2D eigenvalue weighted by molar-refractivity contribution is 7.80. The van der Waals surface area contributed by atoms with E-state index in [4.69, 9.17) is 35.4 Å². The Hall–Kier alpha value is -0.510. The first-order chi connectivity index (χ1) is 8.59. The number of piperidine rings is 1. The van der Waals surface area contributed by atoms with E-state index in [9.17, 15) is 0 Å². The summed E-state index contributed by atoms with van der Waals surface area (Å²) in [4.78, 5) is 2.22. The van der Waals surface area contributed by atoms with Gasteiger partial charge in [0.1, 0.15) is 0 Å². The quantitative estimate of drug-likeness (QED) is 0.765. The molecule has 1 heterocycles. The van der Waals surface area contributed by atoms with Gasteiger partial charge in [0.25, 0.3) is 0 Å². The fourth-order valence-electron chi connectivity index (χ4n) is 2.19. The molecular formula is C13H16Cl2N2S. The summed E-state index contributed by atoms with van der Waals surface area (Å²) >= 11 is 17.6. The van der Waals surface area contributed by atoms with Gasteiger partial charge in [-0.25, -0.2) is 0 Å². The van der Waals surface area contributed by atoms with E-state index in [1.165, 1.54) is 19.3 Å². The van der Waals surface area contributed by atoms with Crippen molar-refractivity contribution in [3.05, 3.63) is 28.2 Å². The van der Waals surface area contributed by atoms with Crippen LogP contribution in [0.5, 0.6) is 0 Å². The summed E-state index contributed by atoms with van der Waals surface area (Å²) in [5.74, 6) is 0. The predicted molar refractivity (Wildman–Crippen MR) is 82.7 cm³/mol. The Labute approximate surface area is 123 Å². The van der Waals surface area contributed by atoms with Gasteiger partial charge in [-0.1, -0.05) is 29.3 Å². The normalized spacial score (nSPS) is 19.7. The van der Waals surface area contributed by atoms with Gasteiger partial charge in [0.15, 0.2) is 5.11 Å². The summed E-state index contributed by atoms with van der Waals surface area (Å²) in [6.07, 6.45) is 3.65. The van der Waals surface area contributed by atoms with E-state index < -0.39 is 0 Å². The lowest BCUT2D eigenvalue weighted by molar-refractivity contribution is 0.262. The molecule has 0 saturated carbocycles. The lowest BCUT2D eigenvalue weighted by Crippen LogP contribution is -2.44. The number of benzene rings is 1. The van der Waals surface area contributed by atoms with Gasteiger partial charge in [-0.2, -0.15) is 0 Å². The molecule has 0 aromatic heterocycles. The molecule has 0 bridgehead atoms. The van der Waals surface area contributed by atoms with E-state index in [0.29, 0.717) is 16.1 Å². The number of thiocarbonyl (C=S) groups is 1. The van der Waals surface area contributed by atoms with Gasteiger partial charge >= 0.3 is 0 Å². The summed E-state index contributed by atoms with van der Waals surface area (Å²) in [6.45, 7) is 3.21. The Kier molecular flexibility index (Phi) is 4.71. The Morgan fingerprint density at radius 1 is 1.39 bits per heavy atom. The molecular weight excluding hydrogens is 287 g/mol.